The van der Waals surface area contributed by atoms with Crippen molar-refractivity contribution >= 4 is 0 Å². The van der Waals surface area contributed by atoms with E-state index < -0.39 is 0 Å². The topological polar surface area (TPSA) is 0 Å². The predicted octanol–water partition coefficient (Wildman–Crippen LogP) is 3.02. The molecule has 0 aromatic carbocycles. The Morgan fingerprint density at radius 2 is 1.60 bits per heavy atom. The van der Waals surface area contributed by atoms with Gasteiger partial charge in [0.15, 0.2) is 0 Å². The van der Waals surface area contributed by atoms with Crippen LogP contribution in [0.1, 0.15) is 20.3 Å². The molecular formula is C10H16. The second kappa shape index (κ2) is 2.26. The zero-order valence-electron chi connectivity index (χ0n) is 6.93. The highest BCUT2D eigenvalue weighted by molar-refractivity contribution is 5.09. The maximum absolute atomic E-state index is 3.81. The van der Waals surface area contributed by atoms with Gasteiger partial charge in [0, 0.05) is 0 Å². The summed E-state index contributed by atoms with van der Waals surface area (Å²) < 4.78 is 0. The van der Waals surface area contributed by atoms with Crippen LogP contribution >= 0.6 is 0 Å². The van der Waals surface area contributed by atoms with Gasteiger partial charge in [-0.2, -0.15) is 0 Å². The molecule has 2 unspecified atom stereocenters. The minimum Gasteiger partial charge on any atom is -0.103 e. The van der Waals surface area contributed by atoms with Gasteiger partial charge in [0.25, 0.3) is 0 Å². The molecule has 2 atom stereocenters. The molecule has 1 aliphatic carbocycles. The lowest BCUT2D eigenvalue weighted by Crippen LogP contribution is -2.42. The van der Waals surface area contributed by atoms with Crippen molar-refractivity contribution in [2.45, 2.75) is 20.3 Å². The van der Waals surface area contributed by atoms with Crippen LogP contribution in [0.4, 0.5) is 0 Å². The molecule has 0 radical (unpaired) electrons. The first-order valence-corrected chi connectivity index (χ1v) is 3.88. The van der Waals surface area contributed by atoms with Crippen molar-refractivity contribution in [3.05, 3.63) is 25.3 Å². The molecule has 1 fully saturated rings. The van der Waals surface area contributed by atoms with E-state index in [1.807, 2.05) is 0 Å². The first-order valence-electron chi connectivity index (χ1n) is 3.88. The van der Waals surface area contributed by atoms with Crippen LogP contribution in [0.2, 0.25) is 0 Å². The minimum absolute atomic E-state index is 0.420. The second-order valence-electron chi connectivity index (χ2n) is 3.74. The second-order valence-corrected chi connectivity index (χ2v) is 3.74. The Morgan fingerprint density at radius 1 is 1.20 bits per heavy atom. The van der Waals surface area contributed by atoms with Crippen molar-refractivity contribution in [3.8, 4) is 0 Å². The zero-order chi connectivity index (χ0) is 7.78. The highest BCUT2D eigenvalue weighted by atomic mass is 14.5. The van der Waals surface area contributed by atoms with E-state index in [0.717, 1.165) is 0 Å². The summed E-state index contributed by atoms with van der Waals surface area (Å²) in [5.41, 5.74) is 0.420. The molecule has 0 heterocycles. The molecule has 0 N–H and O–H groups in total. The molecule has 1 rings (SSSR count). The highest BCUT2D eigenvalue weighted by Crippen LogP contribution is 2.52. The summed E-state index contributed by atoms with van der Waals surface area (Å²) in [6.07, 6.45) is 5.39. The fourth-order valence-corrected chi connectivity index (χ4v) is 1.80. The highest BCUT2D eigenvalue weighted by Gasteiger charge is 2.44. The molecule has 0 saturated heterocycles. The van der Waals surface area contributed by atoms with Crippen LogP contribution in [0.3, 0.4) is 0 Å². The molecule has 0 aromatic heterocycles. The molecule has 1 aliphatic rings. The minimum atomic E-state index is 0.420. The third-order valence-corrected chi connectivity index (χ3v) is 2.99. The Bertz CT molecular complexity index is 137. The van der Waals surface area contributed by atoms with Gasteiger partial charge in [-0.05, 0) is 23.7 Å². The predicted molar refractivity (Wildman–Crippen MR) is 45.8 cm³/mol. The van der Waals surface area contributed by atoms with Crippen LogP contribution in [0.25, 0.3) is 0 Å². The van der Waals surface area contributed by atoms with Gasteiger partial charge in [-0.3, -0.25) is 0 Å². The summed E-state index contributed by atoms with van der Waals surface area (Å²) >= 11 is 0. The summed E-state index contributed by atoms with van der Waals surface area (Å²) in [7, 11) is 0. The number of hydrogen-bond acceptors (Lipinski definition) is 0. The van der Waals surface area contributed by atoms with Gasteiger partial charge in [0.1, 0.15) is 0 Å². The van der Waals surface area contributed by atoms with Crippen LogP contribution in [0.15, 0.2) is 25.3 Å². The summed E-state index contributed by atoms with van der Waals surface area (Å²) in [6.45, 7) is 12.2. The van der Waals surface area contributed by atoms with Gasteiger partial charge in [0.2, 0.25) is 0 Å². The summed E-state index contributed by atoms with van der Waals surface area (Å²) in [4.78, 5) is 0. The van der Waals surface area contributed by atoms with Crippen LogP contribution in [-0.4, -0.2) is 0 Å². The van der Waals surface area contributed by atoms with Gasteiger partial charge in [0.05, 0.1) is 0 Å². The zero-order valence-corrected chi connectivity index (χ0v) is 6.93. The van der Waals surface area contributed by atoms with E-state index in [0.29, 0.717) is 17.3 Å². The molecule has 0 spiro atoms. The Morgan fingerprint density at radius 3 is 1.80 bits per heavy atom. The normalized spacial score (nSPS) is 36.2. The molecule has 0 amide bonds. The lowest BCUT2D eigenvalue weighted by atomic mass is 9.55. The lowest BCUT2D eigenvalue weighted by Gasteiger charge is -2.49. The van der Waals surface area contributed by atoms with Crippen molar-refractivity contribution in [1.29, 1.82) is 0 Å². The van der Waals surface area contributed by atoms with E-state index in [1.54, 1.807) is 0 Å². The van der Waals surface area contributed by atoms with E-state index in [4.69, 9.17) is 0 Å². The third-order valence-electron chi connectivity index (χ3n) is 2.99. The molecule has 0 aliphatic heterocycles. The van der Waals surface area contributed by atoms with Gasteiger partial charge >= 0.3 is 0 Å². The fourth-order valence-electron chi connectivity index (χ4n) is 1.80. The maximum atomic E-state index is 3.81. The van der Waals surface area contributed by atoms with Crippen molar-refractivity contribution in [1.82, 2.24) is 0 Å². The summed E-state index contributed by atoms with van der Waals surface area (Å²) in [5.74, 6) is 1.41. The lowest BCUT2D eigenvalue weighted by molar-refractivity contribution is 0.0477. The third kappa shape index (κ3) is 0.828. The Balaban J connectivity index is 2.63. The van der Waals surface area contributed by atoms with Crippen molar-refractivity contribution < 1.29 is 0 Å². The largest absolute Gasteiger partial charge is 0.103 e. The average Bonchev–Trinajstić information content (AvgIpc) is 1.88. The summed E-state index contributed by atoms with van der Waals surface area (Å²) in [5, 5.41) is 0. The number of hydrogen-bond donors (Lipinski definition) is 0. The SMILES string of the molecule is C=CC1CC(C=C)C1(C)C. The molecule has 0 heteroatoms. The monoisotopic (exact) mass is 136 g/mol. The van der Waals surface area contributed by atoms with Crippen molar-refractivity contribution in [2.75, 3.05) is 0 Å². The van der Waals surface area contributed by atoms with Gasteiger partial charge in [-0.1, -0.05) is 26.0 Å². The summed E-state index contributed by atoms with van der Waals surface area (Å²) in [6, 6.07) is 0. The average molecular weight is 136 g/mol. The van der Waals surface area contributed by atoms with Crippen LogP contribution < -0.4 is 0 Å². The van der Waals surface area contributed by atoms with Crippen molar-refractivity contribution in [3.63, 3.8) is 0 Å². The van der Waals surface area contributed by atoms with Gasteiger partial charge in [-0.25, -0.2) is 0 Å². The maximum Gasteiger partial charge on any atom is -0.0173 e. The van der Waals surface area contributed by atoms with Crippen LogP contribution in [0, 0.1) is 17.3 Å². The molecule has 0 bridgehead atoms. The van der Waals surface area contributed by atoms with Gasteiger partial charge < -0.3 is 0 Å². The van der Waals surface area contributed by atoms with E-state index in [9.17, 15) is 0 Å². The Labute approximate surface area is 63.6 Å². The Kier molecular flexibility index (Phi) is 1.72. The molecule has 56 valence electrons. The first-order chi connectivity index (χ1) is 4.62. The van der Waals surface area contributed by atoms with E-state index >= 15 is 0 Å². The smallest absolute Gasteiger partial charge is 0.0173 e. The molecule has 10 heavy (non-hydrogen) atoms. The molecule has 0 aromatic rings. The molecular weight excluding hydrogens is 120 g/mol. The number of allylic oxidation sites excluding steroid dienone is 2. The van der Waals surface area contributed by atoms with Gasteiger partial charge in [-0.15, -0.1) is 13.2 Å². The molecule has 1 saturated carbocycles. The van der Waals surface area contributed by atoms with E-state index in [2.05, 4.69) is 39.2 Å². The standard InChI is InChI=1S/C10H16/c1-5-8-7-9(6-2)10(8,3)4/h5-6,8-9H,1-2,7H2,3-4H3. The molecule has 0 nitrogen and oxygen atoms in total. The van der Waals surface area contributed by atoms with Crippen molar-refractivity contribution in [2.24, 2.45) is 17.3 Å². The number of rotatable bonds is 2. The fraction of sp³-hybridized carbons (Fsp3) is 0.600. The van der Waals surface area contributed by atoms with Crippen LogP contribution in [0.5, 0.6) is 0 Å². The van der Waals surface area contributed by atoms with Crippen LogP contribution in [-0.2, 0) is 0 Å². The first kappa shape index (κ1) is 7.59. The quantitative estimate of drug-likeness (QED) is 0.512. The Hall–Kier alpha value is -0.520. The van der Waals surface area contributed by atoms with E-state index in [-0.39, 0.29) is 0 Å². The van der Waals surface area contributed by atoms with E-state index in [1.165, 1.54) is 6.42 Å².